The Morgan fingerprint density at radius 2 is 2.00 bits per heavy atom. The molecule has 0 aliphatic carbocycles. The highest BCUT2D eigenvalue weighted by Gasteiger charge is 2.14. The highest BCUT2D eigenvalue weighted by atomic mass is 19.3. The largest absolute Gasteiger partial charge is 0.481 e. The smallest absolute Gasteiger partial charge is 0.387 e. The van der Waals surface area contributed by atoms with Crippen LogP contribution < -0.4 is 10.1 Å². The standard InChI is InChI=1S/C12H15F2NO3/c1-2-15-10(7-11(16)17)8-3-5-9(6-4-8)18-12(13)14/h3-6,10,12,15H,2,7H2,1H3,(H,16,17). The highest BCUT2D eigenvalue weighted by Crippen LogP contribution is 2.21. The topological polar surface area (TPSA) is 58.6 Å². The van der Waals surface area contributed by atoms with Gasteiger partial charge < -0.3 is 15.2 Å². The molecule has 0 heterocycles. The van der Waals surface area contributed by atoms with Gasteiger partial charge in [0.2, 0.25) is 0 Å². The van der Waals surface area contributed by atoms with Gasteiger partial charge in [-0.15, -0.1) is 0 Å². The molecule has 1 rings (SSSR count). The molecule has 0 aromatic heterocycles. The van der Waals surface area contributed by atoms with Gasteiger partial charge in [0.25, 0.3) is 0 Å². The Labute approximate surface area is 104 Å². The monoisotopic (exact) mass is 259 g/mol. The van der Waals surface area contributed by atoms with Gasteiger partial charge in [-0.05, 0) is 24.2 Å². The van der Waals surface area contributed by atoms with Crippen LogP contribution in [-0.2, 0) is 4.79 Å². The summed E-state index contributed by atoms with van der Waals surface area (Å²) >= 11 is 0. The molecule has 100 valence electrons. The van der Waals surface area contributed by atoms with Gasteiger partial charge in [-0.25, -0.2) is 0 Å². The number of halogens is 2. The van der Waals surface area contributed by atoms with Gasteiger partial charge in [0, 0.05) is 6.04 Å². The third-order valence-electron chi connectivity index (χ3n) is 2.34. The summed E-state index contributed by atoms with van der Waals surface area (Å²) in [6.07, 6.45) is -0.0666. The Balaban J connectivity index is 2.76. The second kappa shape index (κ2) is 6.90. The van der Waals surface area contributed by atoms with Gasteiger partial charge in [-0.3, -0.25) is 4.79 Å². The molecule has 1 atom stereocenters. The molecule has 0 saturated carbocycles. The first-order valence-electron chi connectivity index (χ1n) is 5.53. The lowest BCUT2D eigenvalue weighted by molar-refractivity contribution is -0.137. The van der Waals surface area contributed by atoms with Gasteiger partial charge in [-0.1, -0.05) is 19.1 Å². The molecule has 6 heteroatoms. The number of aliphatic carboxylic acids is 1. The summed E-state index contributed by atoms with van der Waals surface area (Å²) in [7, 11) is 0. The molecule has 0 spiro atoms. The van der Waals surface area contributed by atoms with E-state index in [-0.39, 0.29) is 18.2 Å². The average molecular weight is 259 g/mol. The minimum atomic E-state index is -2.86. The highest BCUT2D eigenvalue weighted by molar-refractivity contribution is 5.68. The van der Waals surface area contributed by atoms with E-state index in [0.29, 0.717) is 6.54 Å². The second-order valence-corrected chi connectivity index (χ2v) is 3.66. The van der Waals surface area contributed by atoms with Crippen LogP contribution in [0.5, 0.6) is 5.75 Å². The number of carbonyl (C=O) groups is 1. The van der Waals surface area contributed by atoms with Crippen LogP contribution in [-0.4, -0.2) is 24.2 Å². The SMILES string of the molecule is CCNC(CC(=O)O)c1ccc(OC(F)F)cc1. The van der Waals surface area contributed by atoms with Crippen molar-refractivity contribution in [1.29, 1.82) is 0 Å². The van der Waals surface area contributed by atoms with E-state index in [1.54, 1.807) is 12.1 Å². The molecule has 0 amide bonds. The molecule has 18 heavy (non-hydrogen) atoms. The molecular formula is C12H15F2NO3. The normalized spacial score (nSPS) is 12.4. The number of hydrogen-bond donors (Lipinski definition) is 2. The van der Waals surface area contributed by atoms with Gasteiger partial charge >= 0.3 is 12.6 Å². The van der Waals surface area contributed by atoms with Crippen LogP contribution in [0, 0.1) is 0 Å². The predicted molar refractivity (Wildman–Crippen MR) is 61.7 cm³/mol. The van der Waals surface area contributed by atoms with Crippen molar-refractivity contribution in [1.82, 2.24) is 5.32 Å². The van der Waals surface area contributed by atoms with Crippen molar-refractivity contribution in [2.45, 2.75) is 26.0 Å². The Bertz CT molecular complexity index is 381. The lowest BCUT2D eigenvalue weighted by atomic mass is 10.0. The fourth-order valence-electron chi connectivity index (χ4n) is 1.61. The summed E-state index contributed by atoms with van der Waals surface area (Å²) in [5.41, 5.74) is 0.723. The molecular weight excluding hydrogens is 244 g/mol. The minimum absolute atomic E-state index is 0.0549. The number of ether oxygens (including phenoxy) is 1. The van der Waals surface area contributed by atoms with Crippen molar-refractivity contribution in [2.75, 3.05) is 6.54 Å². The zero-order chi connectivity index (χ0) is 13.5. The Morgan fingerprint density at radius 1 is 1.39 bits per heavy atom. The molecule has 0 aliphatic rings. The summed E-state index contributed by atoms with van der Waals surface area (Å²) in [6.45, 7) is -0.379. The molecule has 1 aromatic rings. The van der Waals surface area contributed by atoms with E-state index in [2.05, 4.69) is 10.1 Å². The first kappa shape index (κ1) is 14.4. The van der Waals surface area contributed by atoms with E-state index in [4.69, 9.17) is 5.11 Å². The van der Waals surface area contributed by atoms with Crippen LogP contribution in [0.15, 0.2) is 24.3 Å². The third-order valence-corrected chi connectivity index (χ3v) is 2.34. The number of rotatable bonds is 7. The number of nitrogens with one attached hydrogen (secondary N) is 1. The zero-order valence-corrected chi connectivity index (χ0v) is 9.90. The van der Waals surface area contributed by atoms with E-state index in [9.17, 15) is 13.6 Å². The van der Waals surface area contributed by atoms with E-state index in [0.717, 1.165) is 5.56 Å². The number of carboxylic acids is 1. The summed E-state index contributed by atoms with van der Waals surface area (Å²) in [6, 6.07) is 5.61. The second-order valence-electron chi connectivity index (χ2n) is 3.66. The number of carboxylic acid groups (broad SMARTS) is 1. The molecule has 1 aromatic carbocycles. The Morgan fingerprint density at radius 3 is 2.44 bits per heavy atom. The molecule has 0 saturated heterocycles. The maximum absolute atomic E-state index is 12.0. The van der Waals surface area contributed by atoms with Crippen LogP contribution >= 0.6 is 0 Å². The number of hydrogen-bond acceptors (Lipinski definition) is 3. The summed E-state index contributed by atoms with van der Waals surface area (Å²) in [5, 5.41) is 11.8. The van der Waals surface area contributed by atoms with Crippen LogP contribution in [0.25, 0.3) is 0 Å². The maximum Gasteiger partial charge on any atom is 0.387 e. The Kier molecular flexibility index (Phi) is 5.51. The first-order valence-corrected chi connectivity index (χ1v) is 5.53. The van der Waals surface area contributed by atoms with E-state index in [1.807, 2.05) is 6.92 Å². The molecule has 2 N–H and O–H groups in total. The van der Waals surface area contributed by atoms with Crippen molar-refractivity contribution in [2.24, 2.45) is 0 Å². The van der Waals surface area contributed by atoms with Gasteiger partial charge in [0.15, 0.2) is 0 Å². The van der Waals surface area contributed by atoms with Gasteiger partial charge in [-0.2, -0.15) is 8.78 Å². The quantitative estimate of drug-likeness (QED) is 0.789. The van der Waals surface area contributed by atoms with Crippen molar-refractivity contribution in [3.8, 4) is 5.75 Å². The molecule has 0 radical (unpaired) electrons. The van der Waals surface area contributed by atoms with Crippen molar-refractivity contribution < 1.29 is 23.4 Å². The molecule has 0 bridgehead atoms. The molecule has 0 fully saturated rings. The van der Waals surface area contributed by atoms with E-state index >= 15 is 0 Å². The number of alkyl halides is 2. The lowest BCUT2D eigenvalue weighted by Crippen LogP contribution is -2.23. The minimum Gasteiger partial charge on any atom is -0.481 e. The Hall–Kier alpha value is -1.69. The summed E-state index contributed by atoms with van der Waals surface area (Å²) in [4.78, 5) is 10.7. The van der Waals surface area contributed by atoms with E-state index in [1.165, 1.54) is 12.1 Å². The molecule has 1 unspecified atom stereocenters. The van der Waals surface area contributed by atoms with Crippen LogP contribution in [0.2, 0.25) is 0 Å². The predicted octanol–water partition coefficient (Wildman–Crippen LogP) is 2.41. The van der Waals surface area contributed by atoms with Crippen LogP contribution in [0.4, 0.5) is 8.78 Å². The van der Waals surface area contributed by atoms with Gasteiger partial charge in [0.1, 0.15) is 5.75 Å². The maximum atomic E-state index is 12.0. The van der Waals surface area contributed by atoms with Crippen LogP contribution in [0.1, 0.15) is 24.9 Å². The molecule has 4 nitrogen and oxygen atoms in total. The summed E-state index contributed by atoms with van der Waals surface area (Å²) < 4.78 is 28.1. The zero-order valence-electron chi connectivity index (χ0n) is 9.90. The fourth-order valence-corrected chi connectivity index (χ4v) is 1.61. The lowest BCUT2D eigenvalue weighted by Gasteiger charge is -2.16. The molecule has 0 aliphatic heterocycles. The van der Waals surface area contributed by atoms with Crippen molar-refractivity contribution >= 4 is 5.97 Å². The van der Waals surface area contributed by atoms with Crippen molar-refractivity contribution in [3.05, 3.63) is 29.8 Å². The number of benzene rings is 1. The first-order chi connectivity index (χ1) is 8.52. The fraction of sp³-hybridized carbons (Fsp3) is 0.417. The van der Waals surface area contributed by atoms with Gasteiger partial charge in [0.05, 0.1) is 6.42 Å². The third kappa shape index (κ3) is 4.67. The van der Waals surface area contributed by atoms with Crippen molar-refractivity contribution in [3.63, 3.8) is 0 Å². The van der Waals surface area contributed by atoms with E-state index < -0.39 is 12.6 Å². The van der Waals surface area contributed by atoms with Crippen LogP contribution in [0.3, 0.4) is 0 Å². The summed E-state index contributed by atoms with van der Waals surface area (Å²) in [5.74, 6) is -0.867. The average Bonchev–Trinajstić information content (AvgIpc) is 2.28.